The van der Waals surface area contributed by atoms with Crippen molar-refractivity contribution in [3.05, 3.63) is 23.3 Å². The molecule has 1 unspecified atom stereocenters. The van der Waals surface area contributed by atoms with Crippen LogP contribution in [-0.4, -0.2) is 29.4 Å². The molecule has 1 aliphatic carbocycles. The molecule has 0 radical (unpaired) electrons. The van der Waals surface area contributed by atoms with E-state index in [-0.39, 0.29) is 23.9 Å². The number of nitrogens with one attached hydrogen (secondary N) is 1. The molecular weight excluding hydrogens is 283 g/mol. The lowest BCUT2D eigenvalue weighted by atomic mass is 9.87. The normalized spacial score (nSPS) is 23.4. The number of methoxy groups -OCH3 is 1. The van der Waals surface area contributed by atoms with Crippen LogP contribution >= 0.6 is 0 Å². The van der Waals surface area contributed by atoms with Gasteiger partial charge in [-0.05, 0) is 25.7 Å². The van der Waals surface area contributed by atoms with E-state index in [2.05, 4.69) is 4.98 Å². The fourth-order valence-corrected chi connectivity index (χ4v) is 2.40. The monoisotopic (exact) mass is 300 g/mol. The van der Waals surface area contributed by atoms with Crippen molar-refractivity contribution in [1.82, 2.24) is 4.98 Å². The molecule has 0 bridgehead atoms. The third kappa shape index (κ3) is 3.87. The highest BCUT2D eigenvalue weighted by atomic mass is 19.1. The standard InChI is InChI=1S/C13H17FN2O5/c1-20-13(17)8-2-4-9(5-3-8)21-11-7-6-10(16(18)19)12(14)15-11/h6-9,16,18H,2-5H2,1H3/t8-,9+. The van der Waals surface area contributed by atoms with Crippen molar-refractivity contribution in [2.45, 2.75) is 31.8 Å². The van der Waals surface area contributed by atoms with Crippen LogP contribution in [0.15, 0.2) is 12.1 Å². The molecule has 0 saturated heterocycles. The number of nitrogens with zero attached hydrogens (tertiary/aromatic N) is 1. The lowest BCUT2D eigenvalue weighted by Crippen LogP contribution is -2.99. The van der Waals surface area contributed by atoms with Crippen LogP contribution in [-0.2, 0) is 9.53 Å². The lowest BCUT2D eigenvalue weighted by Gasteiger charge is -2.27. The zero-order chi connectivity index (χ0) is 15.4. The highest BCUT2D eigenvalue weighted by molar-refractivity contribution is 5.72. The van der Waals surface area contributed by atoms with Gasteiger partial charge in [-0.15, -0.1) is 0 Å². The largest absolute Gasteiger partial charge is 0.595 e. The summed E-state index contributed by atoms with van der Waals surface area (Å²) in [7, 11) is 1.36. The summed E-state index contributed by atoms with van der Waals surface area (Å²) in [6.45, 7) is 0. The second-order valence-electron chi connectivity index (χ2n) is 4.91. The third-order valence-corrected chi connectivity index (χ3v) is 3.55. The highest BCUT2D eigenvalue weighted by Crippen LogP contribution is 2.28. The average molecular weight is 300 g/mol. The molecular formula is C13H17FN2O5. The first-order valence-electron chi connectivity index (χ1n) is 6.65. The Kier molecular flexibility index (Phi) is 5.05. The second kappa shape index (κ2) is 6.79. The van der Waals surface area contributed by atoms with Gasteiger partial charge in [-0.3, -0.25) is 4.79 Å². The SMILES string of the molecule is COC(=O)[C@H]1CC[C@@H](Oc2ccc([NH+]([O-])O)c(F)n2)CC1. The number of aromatic nitrogens is 1. The molecule has 0 spiro atoms. The number of rotatable bonds is 4. The molecule has 2 N–H and O–H groups in total. The first-order chi connectivity index (χ1) is 10.0. The molecule has 7 nitrogen and oxygen atoms in total. The molecule has 1 saturated carbocycles. The van der Waals surface area contributed by atoms with Crippen molar-refractivity contribution < 1.29 is 29.1 Å². The zero-order valence-corrected chi connectivity index (χ0v) is 11.5. The molecule has 1 atom stereocenters. The van der Waals surface area contributed by atoms with E-state index in [0.29, 0.717) is 25.7 Å². The molecule has 0 aromatic carbocycles. The van der Waals surface area contributed by atoms with Crippen molar-refractivity contribution in [2.75, 3.05) is 7.11 Å². The summed E-state index contributed by atoms with van der Waals surface area (Å²) >= 11 is 0. The van der Waals surface area contributed by atoms with Gasteiger partial charge in [0.2, 0.25) is 11.6 Å². The van der Waals surface area contributed by atoms with E-state index in [9.17, 15) is 14.4 Å². The summed E-state index contributed by atoms with van der Waals surface area (Å²) in [5.74, 6) is -1.35. The second-order valence-corrected chi connectivity index (χ2v) is 4.91. The van der Waals surface area contributed by atoms with Gasteiger partial charge in [0.15, 0.2) is 0 Å². The minimum Gasteiger partial charge on any atom is -0.595 e. The molecule has 1 aliphatic rings. The summed E-state index contributed by atoms with van der Waals surface area (Å²) in [4.78, 5) is 14.9. The topological polar surface area (TPSA) is 96.2 Å². The van der Waals surface area contributed by atoms with Gasteiger partial charge < -0.3 is 14.7 Å². The van der Waals surface area contributed by atoms with Gasteiger partial charge in [0, 0.05) is 12.1 Å². The van der Waals surface area contributed by atoms with Gasteiger partial charge in [-0.2, -0.15) is 14.6 Å². The van der Waals surface area contributed by atoms with Crippen molar-refractivity contribution in [1.29, 1.82) is 0 Å². The molecule has 116 valence electrons. The van der Waals surface area contributed by atoms with Gasteiger partial charge in [-0.25, -0.2) is 5.21 Å². The number of ether oxygens (including phenoxy) is 2. The van der Waals surface area contributed by atoms with Crippen molar-refractivity contribution >= 4 is 11.7 Å². The highest BCUT2D eigenvalue weighted by Gasteiger charge is 2.28. The van der Waals surface area contributed by atoms with Crippen LogP contribution in [0.2, 0.25) is 0 Å². The van der Waals surface area contributed by atoms with Crippen molar-refractivity contribution in [2.24, 2.45) is 5.92 Å². The number of esters is 1. The zero-order valence-electron chi connectivity index (χ0n) is 11.5. The molecule has 1 fully saturated rings. The Morgan fingerprint density at radius 2 is 2.10 bits per heavy atom. The van der Waals surface area contributed by atoms with Crippen LogP contribution in [0.25, 0.3) is 0 Å². The van der Waals surface area contributed by atoms with E-state index >= 15 is 0 Å². The number of pyridine rings is 1. The number of quaternary nitrogens is 1. The van der Waals surface area contributed by atoms with E-state index in [0.717, 1.165) is 6.07 Å². The molecule has 0 amide bonds. The minimum atomic E-state index is -1.37. The Bertz CT molecular complexity index is 503. The lowest BCUT2D eigenvalue weighted by molar-refractivity contribution is -0.992. The summed E-state index contributed by atoms with van der Waals surface area (Å²) in [6.07, 6.45) is 2.42. The Hall–Kier alpha value is -1.77. The molecule has 1 heterocycles. The van der Waals surface area contributed by atoms with E-state index in [1.54, 1.807) is 0 Å². The number of carbonyl (C=O) groups is 1. The number of carbonyl (C=O) groups excluding carboxylic acids is 1. The predicted molar refractivity (Wildman–Crippen MR) is 68.4 cm³/mol. The Balaban J connectivity index is 1.92. The summed E-state index contributed by atoms with van der Waals surface area (Å²) in [6, 6.07) is 2.46. The number of hydrogen-bond acceptors (Lipinski definition) is 6. The predicted octanol–water partition coefficient (Wildman–Crippen LogP) is 0.735. The Morgan fingerprint density at radius 1 is 1.43 bits per heavy atom. The van der Waals surface area contributed by atoms with Gasteiger partial charge in [0.25, 0.3) is 5.95 Å². The first-order valence-corrected chi connectivity index (χ1v) is 6.65. The van der Waals surface area contributed by atoms with E-state index in [4.69, 9.17) is 14.7 Å². The fraction of sp³-hybridized carbons (Fsp3) is 0.538. The van der Waals surface area contributed by atoms with Gasteiger partial charge in [0.1, 0.15) is 6.10 Å². The molecule has 0 aliphatic heterocycles. The number of halogens is 1. The van der Waals surface area contributed by atoms with Gasteiger partial charge in [0.05, 0.1) is 13.0 Å². The van der Waals surface area contributed by atoms with Gasteiger partial charge >= 0.3 is 5.97 Å². The van der Waals surface area contributed by atoms with Crippen LogP contribution in [0.4, 0.5) is 10.1 Å². The smallest absolute Gasteiger partial charge is 0.308 e. The van der Waals surface area contributed by atoms with Gasteiger partial charge in [-0.1, -0.05) is 0 Å². The van der Waals surface area contributed by atoms with Crippen LogP contribution in [0.1, 0.15) is 25.7 Å². The first kappa shape index (κ1) is 15.6. The molecule has 1 aromatic rings. The van der Waals surface area contributed by atoms with E-state index in [1.165, 1.54) is 13.2 Å². The van der Waals surface area contributed by atoms with Crippen molar-refractivity contribution in [3.8, 4) is 5.88 Å². The fourth-order valence-electron chi connectivity index (χ4n) is 2.40. The summed E-state index contributed by atoms with van der Waals surface area (Å²) < 4.78 is 23.7. The Morgan fingerprint density at radius 3 is 2.62 bits per heavy atom. The quantitative estimate of drug-likeness (QED) is 0.483. The van der Waals surface area contributed by atoms with E-state index in [1.807, 2.05) is 0 Å². The molecule has 1 aromatic heterocycles. The molecule has 21 heavy (non-hydrogen) atoms. The summed E-state index contributed by atoms with van der Waals surface area (Å²) in [5.41, 5.74) is -0.489. The maximum Gasteiger partial charge on any atom is 0.308 e. The van der Waals surface area contributed by atoms with Crippen molar-refractivity contribution in [3.63, 3.8) is 0 Å². The average Bonchev–Trinajstić information content (AvgIpc) is 2.47. The Labute approximate surface area is 120 Å². The van der Waals surface area contributed by atoms with Crippen LogP contribution in [0, 0.1) is 17.1 Å². The van der Waals surface area contributed by atoms with Crippen LogP contribution in [0.5, 0.6) is 5.88 Å². The molecule has 8 heteroatoms. The minimum absolute atomic E-state index is 0.0546. The third-order valence-electron chi connectivity index (χ3n) is 3.55. The van der Waals surface area contributed by atoms with Crippen LogP contribution < -0.4 is 9.96 Å². The van der Waals surface area contributed by atoms with Crippen LogP contribution in [0.3, 0.4) is 0 Å². The maximum absolute atomic E-state index is 13.4. The summed E-state index contributed by atoms with van der Waals surface area (Å²) in [5, 5.41) is 18.0. The van der Waals surface area contributed by atoms with E-state index < -0.39 is 16.9 Å². The maximum atomic E-state index is 13.4. The number of hydrogen-bond donors (Lipinski definition) is 2. The molecule has 2 rings (SSSR count).